The fourth-order valence-electron chi connectivity index (χ4n) is 2.01. The molecule has 0 aromatic carbocycles. The second-order valence-corrected chi connectivity index (χ2v) is 4.31. The second kappa shape index (κ2) is 6.35. The molecule has 0 bridgehead atoms. The lowest BCUT2D eigenvalue weighted by atomic mass is 9.96. The van der Waals surface area contributed by atoms with Gasteiger partial charge in [-0.3, -0.25) is 4.79 Å². The number of carbonyl (C=O) groups is 1. The summed E-state index contributed by atoms with van der Waals surface area (Å²) in [5.74, 6) is 0.453. The van der Waals surface area contributed by atoms with E-state index in [1.54, 1.807) is 0 Å². The Hall–Kier alpha value is -1.26. The van der Waals surface area contributed by atoms with Crippen LogP contribution in [0.3, 0.4) is 0 Å². The van der Waals surface area contributed by atoms with Crippen LogP contribution in [0.4, 0.5) is 0 Å². The van der Waals surface area contributed by atoms with Gasteiger partial charge >= 0.3 is 0 Å². The minimum Gasteiger partial charge on any atom is -0.409 e. The van der Waals surface area contributed by atoms with Gasteiger partial charge < -0.3 is 15.8 Å². The van der Waals surface area contributed by atoms with Crippen LogP contribution in [0.15, 0.2) is 5.16 Å². The smallest absolute Gasteiger partial charge is 0.222 e. The van der Waals surface area contributed by atoms with Crippen molar-refractivity contribution in [2.75, 3.05) is 13.1 Å². The van der Waals surface area contributed by atoms with Gasteiger partial charge in [-0.1, -0.05) is 18.5 Å². The molecule has 0 aromatic heterocycles. The monoisotopic (exact) mass is 227 g/mol. The molecule has 1 rings (SSSR count). The Kier molecular flexibility index (Phi) is 5.08. The summed E-state index contributed by atoms with van der Waals surface area (Å²) in [6.07, 6.45) is 4.40. The van der Waals surface area contributed by atoms with E-state index >= 15 is 0 Å². The molecular weight excluding hydrogens is 206 g/mol. The standard InChI is InChI=1S/C11H21N3O2/c1-2-3-6-10(15)14-7-4-5-9(8-14)11(12)13-16/h9,16H,2-8H2,1H3,(H2,12,13). The fourth-order valence-corrected chi connectivity index (χ4v) is 2.01. The van der Waals surface area contributed by atoms with E-state index in [9.17, 15) is 4.79 Å². The minimum absolute atomic E-state index is 0.0179. The summed E-state index contributed by atoms with van der Waals surface area (Å²) in [5.41, 5.74) is 5.57. The zero-order chi connectivity index (χ0) is 12.0. The van der Waals surface area contributed by atoms with Crippen LogP contribution in [-0.4, -0.2) is 34.9 Å². The number of rotatable bonds is 4. The Morgan fingerprint density at radius 1 is 1.62 bits per heavy atom. The minimum atomic E-state index is 0.0179. The van der Waals surface area contributed by atoms with Gasteiger partial charge in [0.2, 0.25) is 5.91 Å². The number of nitrogens with zero attached hydrogens (tertiary/aromatic N) is 2. The molecule has 92 valence electrons. The maximum absolute atomic E-state index is 11.8. The predicted octanol–water partition coefficient (Wildman–Crippen LogP) is 1.16. The first-order valence-electron chi connectivity index (χ1n) is 5.94. The first-order valence-corrected chi connectivity index (χ1v) is 5.94. The Morgan fingerprint density at radius 2 is 2.38 bits per heavy atom. The summed E-state index contributed by atoms with van der Waals surface area (Å²) in [7, 11) is 0. The van der Waals surface area contributed by atoms with E-state index in [0.29, 0.717) is 13.0 Å². The average molecular weight is 227 g/mol. The van der Waals surface area contributed by atoms with Gasteiger partial charge in [-0.2, -0.15) is 0 Å². The molecule has 0 radical (unpaired) electrons. The quantitative estimate of drug-likeness (QED) is 0.327. The average Bonchev–Trinajstić information content (AvgIpc) is 2.35. The molecule has 1 amide bonds. The molecule has 0 aliphatic carbocycles. The van der Waals surface area contributed by atoms with E-state index < -0.39 is 0 Å². The van der Waals surface area contributed by atoms with Crippen LogP contribution in [0.25, 0.3) is 0 Å². The Bertz CT molecular complexity index is 266. The molecule has 0 spiro atoms. The summed E-state index contributed by atoms with van der Waals surface area (Å²) in [6, 6.07) is 0. The number of nitrogens with two attached hydrogens (primary N) is 1. The van der Waals surface area contributed by atoms with Crippen molar-refractivity contribution < 1.29 is 10.0 Å². The molecule has 0 saturated carbocycles. The molecule has 5 nitrogen and oxygen atoms in total. The van der Waals surface area contributed by atoms with Crippen molar-refractivity contribution in [2.45, 2.75) is 39.0 Å². The van der Waals surface area contributed by atoms with Crippen LogP contribution in [0.5, 0.6) is 0 Å². The van der Waals surface area contributed by atoms with Gasteiger partial charge in [-0.05, 0) is 19.3 Å². The molecule has 1 saturated heterocycles. The highest BCUT2D eigenvalue weighted by Gasteiger charge is 2.25. The van der Waals surface area contributed by atoms with Gasteiger partial charge in [0.15, 0.2) is 0 Å². The zero-order valence-electron chi connectivity index (χ0n) is 9.85. The number of oxime groups is 1. The lowest BCUT2D eigenvalue weighted by molar-refractivity contribution is -0.132. The molecule has 5 heteroatoms. The highest BCUT2D eigenvalue weighted by Crippen LogP contribution is 2.17. The molecule has 1 aliphatic heterocycles. The molecule has 1 aliphatic rings. The number of piperidine rings is 1. The largest absolute Gasteiger partial charge is 0.409 e. The molecule has 1 heterocycles. The molecule has 1 unspecified atom stereocenters. The number of carbonyl (C=O) groups excluding carboxylic acids is 1. The van der Waals surface area contributed by atoms with Crippen molar-refractivity contribution in [2.24, 2.45) is 16.8 Å². The first kappa shape index (κ1) is 12.8. The number of amidine groups is 1. The predicted molar refractivity (Wildman–Crippen MR) is 62.2 cm³/mol. The van der Waals surface area contributed by atoms with Gasteiger partial charge in [-0.15, -0.1) is 0 Å². The first-order chi connectivity index (χ1) is 7.69. The third-order valence-electron chi connectivity index (χ3n) is 3.05. The van der Waals surface area contributed by atoms with E-state index in [4.69, 9.17) is 10.9 Å². The third kappa shape index (κ3) is 3.40. The van der Waals surface area contributed by atoms with E-state index in [2.05, 4.69) is 12.1 Å². The Balaban J connectivity index is 2.47. The lowest BCUT2D eigenvalue weighted by Crippen LogP contribution is -2.44. The maximum Gasteiger partial charge on any atom is 0.222 e. The number of hydrogen-bond acceptors (Lipinski definition) is 3. The van der Waals surface area contributed by atoms with Gasteiger partial charge in [0, 0.05) is 25.4 Å². The van der Waals surface area contributed by atoms with Crippen LogP contribution in [-0.2, 0) is 4.79 Å². The van der Waals surface area contributed by atoms with E-state index in [-0.39, 0.29) is 17.7 Å². The molecule has 3 N–H and O–H groups in total. The van der Waals surface area contributed by atoms with Crippen molar-refractivity contribution in [3.63, 3.8) is 0 Å². The normalized spacial score (nSPS) is 22.2. The van der Waals surface area contributed by atoms with Crippen molar-refractivity contribution in [3.8, 4) is 0 Å². The molecular formula is C11H21N3O2. The third-order valence-corrected chi connectivity index (χ3v) is 3.05. The summed E-state index contributed by atoms with van der Waals surface area (Å²) in [6.45, 7) is 3.47. The summed E-state index contributed by atoms with van der Waals surface area (Å²) in [5, 5.41) is 11.6. The highest BCUT2D eigenvalue weighted by molar-refractivity contribution is 5.83. The van der Waals surface area contributed by atoms with Crippen molar-refractivity contribution in [1.82, 2.24) is 4.90 Å². The van der Waals surface area contributed by atoms with E-state index in [0.717, 1.165) is 32.2 Å². The second-order valence-electron chi connectivity index (χ2n) is 4.31. The summed E-state index contributed by atoms with van der Waals surface area (Å²) >= 11 is 0. The van der Waals surface area contributed by atoms with E-state index in [1.165, 1.54) is 0 Å². The van der Waals surface area contributed by atoms with Crippen LogP contribution < -0.4 is 5.73 Å². The SMILES string of the molecule is CCCCC(=O)N1CCCC(C(N)=NO)C1. The van der Waals surface area contributed by atoms with Crippen LogP contribution in [0, 0.1) is 5.92 Å². The molecule has 0 aromatic rings. The topological polar surface area (TPSA) is 78.9 Å². The lowest BCUT2D eigenvalue weighted by Gasteiger charge is -2.32. The number of unbranched alkanes of at least 4 members (excludes halogenated alkanes) is 1. The Morgan fingerprint density at radius 3 is 3.00 bits per heavy atom. The molecule has 1 atom stereocenters. The fraction of sp³-hybridized carbons (Fsp3) is 0.818. The summed E-state index contributed by atoms with van der Waals surface area (Å²) in [4.78, 5) is 13.6. The Labute approximate surface area is 96.3 Å². The van der Waals surface area contributed by atoms with Gasteiger partial charge in [-0.25, -0.2) is 0 Å². The number of hydrogen-bond donors (Lipinski definition) is 2. The van der Waals surface area contributed by atoms with Crippen molar-refractivity contribution >= 4 is 11.7 Å². The van der Waals surface area contributed by atoms with Crippen molar-refractivity contribution in [1.29, 1.82) is 0 Å². The van der Waals surface area contributed by atoms with Gasteiger partial charge in [0.25, 0.3) is 0 Å². The molecule has 1 fully saturated rings. The van der Waals surface area contributed by atoms with Gasteiger partial charge in [0.1, 0.15) is 5.84 Å². The maximum atomic E-state index is 11.8. The molecule has 16 heavy (non-hydrogen) atoms. The van der Waals surface area contributed by atoms with Crippen LogP contribution in [0.1, 0.15) is 39.0 Å². The zero-order valence-corrected chi connectivity index (χ0v) is 9.85. The van der Waals surface area contributed by atoms with Gasteiger partial charge in [0.05, 0.1) is 0 Å². The van der Waals surface area contributed by atoms with E-state index in [1.807, 2.05) is 4.90 Å². The number of amides is 1. The number of likely N-dealkylation sites (tertiary alicyclic amines) is 1. The summed E-state index contributed by atoms with van der Waals surface area (Å²) < 4.78 is 0. The van der Waals surface area contributed by atoms with Crippen LogP contribution >= 0.6 is 0 Å². The van der Waals surface area contributed by atoms with Crippen molar-refractivity contribution in [3.05, 3.63) is 0 Å². The highest BCUT2D eigenvalue weighted by atomic mass is 16.4. The van der Waals surface area contributed by atoms with Crippen LogP contribution in [0.2, 0.25) is 0 Å².